The molecule has 19 heavy (non-hydrogen) atoms. The van der Waals surface area contributed by atoms with Crippen molar-refractivity contribution in [3.05, 3.63) is 51.5 Å². The second kappa shape index (κ2) is 5.65. The van der Waals surface area contributed by atoms with Crippen LogP contribution >= 0.6 is 11.3 Å². The molecule has 1 unspecified atom stereocenters. The van der Waals surface area contributed by atoms with Crippen molar-refractivity contribution in [3.8, 4) is 0 Å². The highest BCUT2D eigenvalue weighted by Gasteiger charge is 2.16. The van der Waals surface area contributed by atoms with Gasteiger partial charge in [-0.05, 0) is 37.6 Å². The third-order valence-corrected chi connectivity index (χ3v) is 4.28. The predicted octanol–water partition coefficient (Wildman–Crippen LogP) is 4.90. The zero-order valence-electron chi connectivity index (χ0n) is 10.6. The van der Waals surface area contributed by atoms with Gasteiger partial charge in [0.1, 0.15) is 0 Å². The summed E-state index contributed by atoms with van der Waals surface area (Å²) in [5.41, 5.74) is -0.0298. The number of benzene rings is 1. The Balaban J connectivity index is 2.19. The van der Waals surface area contributed by atoms with Gasteiger partial charge < -0.3 is 5.32 Å². The van der Waals surface area contributed by atoms with Crippen LogP contribution in [0.2, 0.25) is 0 Å². The molecule has 1 nitrogen and oxygen atoms in total. The maximum atomic E-state index is 13.5. The number of anilines is 1. The summed E-state index contributed by atoms with van der Waals surface area (Å²) in [6, 6.07) is 5.93. The number of aryl methyl sites for hydroxylation is 1. The van der Waals surface area contributed by atoms with E-state index in [4.69, 9.17) is 0 Å². The number of hydrogen-bond donors (Lipinski definition) is 1. The van der Waals surface area contributed by atoms with E-state index in [1.54, 1.807) is 11.3 Å². The lowest BCUT2D eigenvalue weighted by Gasteiger charge is -2.14. The molecular weight excluding hydrogens is 271 g/mol. The summed E-state index contributed by atoms with van der Waals surface area (Å²) in [5.74, 6) is -3.81. The summed E-state index contributed by atoms with van der Waals surface area (Å²) in [6.45, 7) is 3.91. The lowest BCUT2D eigenvalue weighted by molar-refractivity contribution is 0.448. The SMILES string of the molecule is CCc1ccc(C(C)Nc2ccc(F)c(F)c2F)s1. The van der Waals surface area contributed by atoms with Crippen molar-refractivity contribution in [3.63, 3.8) is 0 Å². The largest absolute Gasteiger partial charge is 0.375 e. The van der Waals surface area contributed by atoms with Crippen molar-refractivity contribution in [2.24, 2.45) is 0 Å². The summed E-state index contributed by atoms with van der Waals surface area (Å²) in [5, 5.41) is 2.86. The molecule has 2 aromatic rings. The minimum Gasteiger partial charge on any atom is -0.375 e. The first-order valence-electron chi connectivity index (χ1n) is 6.01. The van der Waals surface area contributed by atoms with E-state index in [1.807, 2.05) is 19.1 Å². The Kier molecular flexibility index (Phi) is 4.14. The van der Waals surface area contributed by atoms with E-state index >= 15 is 0 Å². The number of hydrogen-bond acceptors (Lipinski definition) is 2. The van der Waals surface area contributed by atoms with E-state index in [0.29, 0.717) is 0 Å². The first kappa shape index (κ1) is 13.9. The van der Waals surface area contributed by atoms with Gasteiger partial charge in [-0.15, -0.1) is 11.3 Å². The number of halogens is 3. The van der Waals surface area contributed by atoms with E-state index in [2.05, 4.69) is 12.2 Å². The van der Waals surface area contributed by atoms with E-state index in [1.165, 1.54) is 10.9 Å². The number of rotatable bonds is 4. The quantitative estimate of drug-likeness (QED) is 0.788. The highest BCUT2D eigenvalue weighted by molar-refractivity contribution is 7.12. The zero-order valence-corrected chi connectivity index (χ0v) is 11.5. The molecule has 2 rings (SSSR count). The second-order valence-corrected chi connectivity index (χ2v) is 5.45. The minimum absolute atomic E-state index is 0.0298. The van der Waals surface area contributed by atoms with Crippen LogP contribution in [-0.2, 0) is 6.42 Å². The third kappa shape index (κ3) is 2.92. The first-order chi connectivity index (χ1) is 9.02. The average molecular weight is 285 g/mol. The summed E-state index contributed by atoms with van der Waals surface area (Å²) in [7, 11) is 0. The topological polar surface area (TPSA) is 12.0 Å². The van der Waals surface area contributed by atoms with Crippen LogP contribution in [-0.4, -0.2) is 0 Å². The van der Waals surface area contributed by atoms with Crippen molar-refractivity contribution < 1.29 is 13.2 Å². The van der Waals surface area contributed by atoms with E-state index < -0.39 is 17.5 Å². The van der Waals surface area contributed by atoms with Crippen LogP contribution in [0.25, 0.3) is 0 Å². The number of nitrogens with one attached hydrogen (secondary N) is 1. The molecule has 0 fully saturated rings. The van der Waals surface area contributed by atoms with E-state index in [9.17, 15) is 13.2 Å². The van der Waals surface area contributed by atoms with Gasteiger partial charge in [0.05, 0.1) is 11.7 Å². The Morgan fingerprint density at radius 1 is 1.11 bits per heavy atom. The van der Waals surface area contributed by atoms with Crippen molar-refractivity contribution in [1.82, 2.24) is 0 Å². The highest BCUT2D eigenvalue weighted by Crippen LogP contribution is 2.28. The molecule has 1 aromatic carbocycles. The molecule has 0 saturated heterocycles. The van der Waals surface area contributed by atoms with E-state index in [0.717, 1.165) is 17.4 Å². The number of thiophene rings is 1. The van der Waals surface area contributed by atoms with Gasteiger partial charge in [-0.25, -0.2) is 13.2 Å². The standard InChI is InChI=1S/C14H14F3NS/c1-3-9-4-7-12(19-9)8(2)18-11-6-5-10(15)13(16)14(11)17/h4-8,18H,3H2,1-2H3. The first-order valence-corrected chi connectivity index (χ1v) is 6.83. The molecule has 0 saturated carbocycles. The third-order valence-electron chi connectivity index (χ3n) is 2.86. The molecule has 1 aromatic heterocycles. The van der Waals surface area contributed by atoms with Gasteiger partial charge in [-0.3, -0.25) is 0 Å². The molecular formula is C14H14F3NS. The summed E-state index contributed by atoms with van der Waals surface area (Å²) >= 11 is 1.62. The molecule has 0 aliphatic rings. The molecule has 1 N–H and O–H groups in total. The smallest absolute Gasteiger partial charge is 0.196 e. The lowest BCUT2D eigenvalue weighted by atomic mass is 10.2. The van der Waals surface area contributed by atoms with Crippen molar-refractivity contribution >= 4 is 17.0 Å². The van der Waals surface area contributed by atoms with Crippen molar-refractivity contribution in [1.29, 1.82) is 0 Å². The molecule has 102 valence electrons. The van der Waals surface area contributed by atoms with Crippen LogP contribution in [0.15, 0.2) is 24.3 Å². The average Bonchev–Trinajstić information content (AvgIpc) is 2.88. The van der Waals surface area contributed by atoms with Gasteiger partial charge in [0, 0.05) is 9.75 Å². The second-order valence-electron chi connectivity index (χ2n) is 4.25. The molecule has 5 heteroatoms. The molecule has 1 heterocycles. The minimum atomic E-state index is -1.45. The van der Waals surface area contributed by atoms with Gasteiger partial charge >= 0.3 is 0 Å². The van der Waals surface area contributed by atoms with Crippen LogP contribution in [0.1, 0.15) is 29.6 Å². The highest BCUT2D eigenvalue weighted by atomic mass is 32.1. The van der Waals surface area contributed by atoms with Crippen LogP contribution in [0.3, 0.4) is 0 Å². The Bertz CT molecular complexity index is 580. The predicted molar refractivity (Wildman–Crippen MR) is 72.1 cm³/mol. The molecule has 0 aliphatic heterocycles. The molecule has 0 spiro atoms. The molecule has 0 amide bonds. The maximum Gasteiger partial charge on any atom is 0.196 e. The van der Waals surface area contributed by atoms with Gasteiger partial charge in [0.25, 0.3) is 0 Å². The monoisotopic (exact) mass is 285 g/mol. The van der Waals surface area contributed by atoms with Gasteiger partial charge in [-0.2, -0.15) is 0 Å². The summed E-state index contributed by atoms with van der Waals surface area (Å²) in [6.07, 6.45) is 0.941. The van der Waals surface area contributed by atoms with Crippen LogP contribution < -0.4 is 5.32 Å². The molecule has 0 bridgehead atoms. The summed E-state index contributed by atoms with van der Waals surface area (Å²) < 4.78 is 39.5. The van der Waals surface area contributed by atoms with E-state index in [-0.39, 0.29) is 11.7 Å². The van der Waals surface area contributed by atoms with Gasteiger partial charge in [0.2, 0.25) is 0 Å². The van der Waals surface area contributed by atoms with Crippen molar-refractivity contribution in [2.75, 3.05) is 5.32 Å². The fourth-order valence-corrected chi connectivity index (χ4v) is 2.71. The Labute approximate surface area is 114 Å². The maximum absolute atomic E-state index is 13.5. The molecule has 0 radical (unpaired) electrons. The Hall–Kier alpha value is -1.49. The molecule has 0 aliphatic carbocycles. The fraction of sp³-hybridized carbons (Fsp3) is 0.286. The zero-order chi connectivity index (χ0) is 14.0. The summed E-state index contributed by atoms with van der Waals surface area (Å²) in [4.78, 5) is 2.26. The Morgan fingerprint density at radius 2 is 1.84 bits per heavy atom. The fourth-order valence-electron chi connectivity index (χ4n) is 1.76. The van der Waals surface area contributed by atoms with Gasteiger partial charge in [0.15, 0.2) is 17.5 Å². The lowest BCUT2D eigenvalue weighted by Crippen LogP contribution is -2.08. The molecule has 1 atom stereocenters. The van der Waals surface area contributed by atoms with Crippen molar-refractivity contribution in [2.45, 2.75) is 26.3 Å². The van der Waals surface area contributed by atoms with Crippen LogP contribution in [0, 0.1) is 17.5 Å². The van der Waals surface area contributed by atoms with Gasteiger partial charge in [-0.1, -0.05) is 6.92 Å². The van der Waals surface area contributed by atoms with Crippen LogP contribution in [0.5, 0.6) is 0 Å². The normalized spacial score (nSPS) is 12.5. The Morgan fingerprint density at radius 3 is 2.47 bits per heavy atom. The van der Waals surface area contributed by atoms with Crippen LogP contribution in [0.4, 0.5) is 18.9 Å².